The van der Waals surface area contributed by atoms with Crippen molar-refractivity contribution in [3.05, 3.63) is 46.8 Å². The molecule has 0 bridgehead atoms. The summed E-state index contributed by atoms with van der Waals surface area (Å²) >= 11 is 0. The molecule has 0 aliphatic rings. The van der Waals surface area contributed by atoms with Gasteiger partial charge in [0.25, 0.3) is 0 Å². The highest BCUT2D eigenvalue weighted by molar-refractivity contribution is 5.75. The second-order valence-electron chi connectivity index (χ2n) is 3.86. The maximum atomic E-state index is 10.6. The highest BCUT2D eigenvalue weighted by atomic mass is 16.5. The molecule has 2 rings (SSSR count). The van der Waals surface area contributed by atoms with Gasteiger partial charge in [0.1, 0.15) is 12.4 Å². The summed E-state index contributed by atoms with van der Waals surface area (Å²) in [6.07, 6.45) is 2.08. The van der Waals surface area contributed by atoms with Gasteiger partial charge < -0.3 is 9.26 Å². The molecule has 1 aromatic heterocycles. The van der Waals surface area contributed by atoms with Crippen molar-refractivity contribution in [3.8, 4) is 5.75 Å². The summed E-state index contributed by atoms with van der Waals surface area (Å²) < 4.78 is 10.5. The largest absolute Gasteiger partial charge is 0.486 e. The highest BCUT2D eigenvalue weighted by Crippen LogP contribution is 2.18. The number of aldehydes is 1. The van der Waals surface area contributed by atoms with E-state index in [1.807, 2.05) is 32.0 Å². The van der Waals surface area contributed by atoms with E-state index in [0.29, 0.717) is 17.6 Å². The van der Waals surface area contributed by atoms with Gasteiger partial charge in [0.15, 0.2) is 12.0 Å². The van der Waals surface area contributed by atoms with Gasteiger partial charge in [0, 0.05) is 0 Å². The van der Waals surface area contributed by atoms with Crippen molar-refractivity contribution in [1.82, 2.24) is 5.16 Å². The Bertz CT molecular complexity index is 531. The third-order valence-electron chi connectivity index (χ3n) is 2.65. The molecule has 0 spiro atoms. The Hall–Kier alpha value is -2.10. The van der Waals surface area contributed by atoms with Crippen LogP contribution in [0.2, 0.25) is 0 Å². The average molecular weight is 231 g/mol. The van der Waals surface area contributed by atoms with Gasteiger partial charge in [-0.25, -0.2) is 0 Å². The van der Waals surface area contributed by atoms with Gasteiger partial charge in [-0.3, -0.25) is 4.79 Å². The van der Waals surface area contributed by atoms with Crippen molar-refractivity contribution in [1.29, 1.82) is 0 Å². The molecule has 0 unspecified atom stereocenters. The molecule has 1 heterocycles. The van der Waals surface area contributed by atoms with Gasteiger partial charge in [0.05, 0.1) is 11.8 Å². The molecule has 0 aliphatic heterocycles. The van der Waals surface area contributed by atoms with Crippen LogP contribution in [0.5, 0.6) is 5.75 Å². The van der Waals surface area contributed by atoms with E-state index in [0.717, 1.165) is 11.3 Å². The van der Waals surface area contributed by atoms with Crippen molar-refractivity contribution in [2.75, 3.05) is 0 Å². The minimum atomic E-state index is 0.205. The summed E-state index contributed by atoms with van der Waals surface area (Å²) in [5.74, 6) is 1.19. The Labute approximate surface area is 99.2 Å². The fourth-order valence-corrected chi connectivity index (χ4v) is 1.43. The lowest BCUT2D eigenvalue weighted by molar-refractivity contribution is 0.111. The molecule has 17 heavy (non-hydrogen) atoms. The first-order valence-corrected chi connectivity index (χ1v) is 5.29. The minimum Gasteiger partial charge on any atom is -0.486 e. The number of rotatable bonds is 4. The molecule has 0 fully saturated rings. The number of nitrogens with zero attached hydrogens (tertiary/aromatic N) is 1. The van der Waals surface area contributed by atoms with E-state index >= 15 is 0 Å². The van der Waals surface area contributed by atoms with Crippen molar-refractivity contribution in [2.24, 2.45) is 0 Å². The van der Waals surface area contributed by atoms with Crippen molar-refractivity contribution >= 4 is 6.29 Å². The van der Waals surface area contributed by atoms with Crippen LogP contribution in [0.25, 0.3) is 0 Å². The number of aromatic nitrogens is 1. The predicted octanol–water partition coefficient (Wildman–Crippen LogP) is 2.68. The first kappa shape index (κ1) is 11.4. The molecular weight excluding hydrogens is 218 g/mol. The van der Waals surface area contributed by atoms with Crippen molar-refractivity contribution in [3.63, 3.8) is 0 Å². The lowest BCUT2D eigenvalue weighted by Crippen LogP contribution is -1.97. The second kappa shape index (κ2) is 4.82. The SMILES string of the molecule is Cc1ccc(OCc2oncc2C=O)cc1C. The summed E-state index contributed by atoms with van der Waals surface area (Å²) in [7, 11) is 0. The second-order valence-corrected chi connectivity index (χ2v) is 3.86. The number of hydrogen-bond acceptors (Lipinski definition) is 4. The lowest BCUT2D eigenvalue weighted by Gasteiger charge is -2.06. The zero-order valence-corrected chi connectivity index (χ0v) is 9.77. The van der Waals surface area contributed by atoms with E-state index < -0.39 is 0 Å². The highest BCUT2D eigenvalue weighted by Gasteiger charge is 2.08. The fourth-order valence-electron chi connectivity index (χ4n) is 1.43. The van der Waals surface area contributed by atoms with Gasteiger partial charge in [-0.1, -0.05) is 11.2 Å². The zero-order valence-electron chi connectivity index (χ0n) is 9.77. The van der Waals surface area contributed by atoms with Crippen LogP contribution in [0, 0.1) is 13.8 Å². The normalized spacial score (nSPS) is 10.2. The van der Waals surface area contributed by atoms with Gasteiger partial charge in [-0.05, 0) is 37.1 Å². The third kappa shape index (κ3) is 2.53. The van der Waals surface area contributed by atoms with Gasteiger partial charge in [-0.15, -0.1) is 0 Å². The van der Waals surface area contributed by atoms with E-state index in [1.54, 1.807) is 0 Å². The van der Waals surface area contributed by atoms with E-state index in [-0.39, 0.29) is 6.61 Å². The number of aryl methyl sites for hydroxylation is 2. The molecule has 0 saturated carbocycles. The predicted molar refractivity (Wildman–Crippen MR) is 62.1 cm³/mol. The first-order chi connectivity index (χ1) is 8.20. The van der Waals surface area contributed by atoms with Crippen LogP contribution in [0.4, 0.5) is 0 Å². The maximum Gasteiger partial charge on any atom is 0.184 e. The molecule has 0 aliphatic carbocycles. The molecule has 0 atom stereocenters. The molecule has 4 heteroatoms. The fraction of sp³-hybridized carbons (Fsp3) is 0.231. The minimum absolute atomic E-state index is 0.205. The molecule has 4 nitrogen and oxygen atoms in total. The Balaban J connectivity index is 2.07. The van der Waals surface area contributed by atoms with Crippen LogP contribution in [-0.2, 0) is 6.61 Å². The third-order valence-corrected chi connectivity index (χ3v) is 2.65. The number of benzene rings is 1. The molecule has 0 radical (unpaired) electrons. The van der Waals surface area contributed by atoms with Crippen LogP contribution >= 0.6 is 0 Å². The average Bonchev–Trinajstić information content (AvgIpc) is 2.78. The van der Waals surface area contributed by atoms with Gasteiger partial charge >= 0.3 is 0 Å². The summed E-state index contributed by atoms with van der Waals surface area (Å²) in [5, 5.41) is 3.55. The van der Waals surface area contributed by atoms with Crippen LogP contribution in [0.1, 0.15) is 27.2 Å². The van der Waals surface area contributed by atoms with E-state index in [2.05, 4.69) is 5.16 Å². The van der Waals surface area contributed by atoms with Crippen LogP contribution in [0.15, 0.2) is 28.9 Å². The lowest BCUT2D eigenvalue weighted by atomic mass is 10.1. The quantitative estimate of drug-likeness (QED) is 0.759. The van der Waals surface area contributed by atoms with Crippen LogP contribution < -0.4 is 4.74 Å². The smallest absolute Gasteiger partial charge is 0.184 e. The first-order valence-electron chi connectivity index (χ1n) is 5.29. The number of hydrogen-bond donors (Lipinski definition) is 0. The molecule has 2 aromatic rings. The Morgan fingerprint density at radius 3 is 2.88 bits per heavy atom. The zero-order chi connectivity index (χ0) is 12.3. The maximum absolute atomic E-state index is 10.6. The monoisotopic (exact) mass is 231 g/mol. The summed E-state index contributed by atoms with van der Waals surface area (Å²) in [4.78, 5) is 10.6. The van der Waals surface area contributed by atoms with E-state index in [4.69, 9.17) is 9.26 Å². The summed E-state index contributed by atoms with van der Waals surface area (Å²) in [6, 6.07) is 5.83. The Morgan fingerprint density at radius 1 is 1.35 bits per heavy atom. The Kier molecular flexibility index (Phi) is 3.23. The van der Waals surface area contributed by atoms with Crippen molar-refractivity contribution in [2.45, 2.75) is 20.5 Å². The topological polar surface area (TPSA) is 52.3 Å². The number of carbonyl (C=O) groups is 1. The summed E-state index contributed by atoms with van der Waals surface area (Å²) in [5.41, 5.74) is 2.80. The number of carbonyl (C=O) groups excluding carboxylic acids is 1. The van der Waals surface area contributed by atoms with Gasteiger partial charge in [-0.2, -0.15) is 0 Å². The van der Waals surface area contributed by atoms with Gasteiger partial charge in [0.2, 0.25) is 0 Å². The number of ether oxygens (including phenoxy) is 1. The van der Waals surface area contributed by atoms with Crippen LogP contribution in [-0.4, -0.2) is 11.4 Å². The molecular formula is C13H13NO3. The van der Waals surface area contributed by atoms with E-state index in [9.17, 15) is 4.79 Å². The summed E-state index contributed by atoms with van der Waals surface area (Å²) in [6.45, 7) is 4.27. The van der Waals surface area contributed by atoms with Crippen LogP contribution in [0.3, 0.4) is 0 Å². The molecule has 88 valence electrons. The van der Waals surface area contributed by atoms with Crippen molar-refractivity contribution < 1.29 is 14.1 Å². The standard InChI is InChI=1S/C13H13NO3/c1-9-3-4-12(5-10(9)2)16-8-13-11(7-15)6-14-17-13/h3-7H,8H2,1-2H3. The molecule has 0 N–H and O–H groups in total. The Morgan fingerprint density at radius 2 is 2.18 bits per heavy atom. The molecule has 0 amide bonds. The molecule has 1 aromatic carbocycles. The van der Waals surface area contributed by atoms with E-state index in [1.165, 1.54) is 11.8 Å². The molecule has 0 saturated heterocycles.